The molecule has 0 saturated heterocycles. The van der Waals surface area contributed by atoms with E-state index in [0.717, 1.165) is 33.9 Å². The minimum absolute atomic E-state index is 0.850. The maximum atomic E-state index is 11.0. The van der Waals surface area contributed by atoms with Crippen molar-refractivity contribution in [2.24, 2.45) is 0 Å². The van der Waals surface area contributed by atoms with Crippen molar-refractivity contribution in [1.29, 1.82) is 0 Å². The van der Waals surface area contributed by atoms with Crippen molar-refractivity contribution in [2.45, 2.75) is 34.1 Å². The molecule has 0 spiro atoms. The highest BCUT2D eigenvalue weighted by molar-refractivity contribution is 9.10. The van der Waals surface area contributed by atoms with Crippen molar-refractivity contribution in [2.75, 3.05) is 0 Å². The molecule has 0 N–H and O–H groups in total. The second-order valence-electron chi connectivity index (χ2n) is 3.55. The number of aldehydes is 1. The van der Waals surface area contributed by atoms with Gasteiger partial charge in [-0.25, -0.2) is 0 Å². The molecule has 1 aromatic rings. The molecule has 0 aliphatic carbocycles. The predicted octanol–water partition coefficient (Wildman–Crippen LogP) is 3.75. The Morgan fingerprint density at radius 1 is 1.14 bits per heavy atom. The van der Waals surface area contributed by atoms with Gasteiger partial charge >= 0.3 is 0 Å². The number of hydrogen-bond donors (Lipinski definition) is 0. The van der Waals surface area contributed by atoms with E-state index in [1.165, 1.54) is 11.1 Å². The molecular weight excluding hydrogens is 240 g/mol. The van der Waals surface area contributed by atoms with Gasteiger partial charge in [-0.05, 0) is 49.4 Å². The number of rotatable bonds is 2. The zero-order valence-electron chi connectivity index (χ0n) is 9.07. The fourth-order valence-corrected chi connectivity index (χ4v) is 2.52. The van der Waals surface area contributed by atoms with Gasteiger partial charge in [-0.1, -0.05) is 22.9 Å². The van der Waals surface area contributed by atoms with Crippen LogP contribution in [0.2, 0.25) is 0 Å². The molecule has 0 unspecified atom stereocenters. The van der Waals surface area contributed by atoms with Gasteiger partial charge < -0.3 is 0 Å². The summed E-state index contributed by atoms with van der Waals surface area (Å²) in [5.74, 6) is 0. The van der Waals surface area contributed by atoms with Crippen molar-refractivity contribution in [1.82, 2.24) is 0 Å². The van der Waals surface area contributed by atoms with Crippen LogP contribution in [-0.4, -0.2) is 6.29 Å². The lowest BCUT2D eigenvalue weighted by Crippen LogP contribution is -2.02. The number of carbonyl (C=O) groups is 1. The van der Waals surface area contributed by atoms with Crippen LogP contribution in [0.5, 0.6) is 0 Å². The zero-order valence-corrected chi connectivity index (χ0v) is 10.7. The summed E-state index contributed by atoms with van der Waals surface area (Å²) in [5, 5.41) is 0. The van der Waals surface area contributed by atoms with Crippen molar-refractivity contribution >= 4 is 22.2 Å². The first kappa shape index (κ1) is 11.4. The fourth-order valence-electron chi connectivity index (χ4n) is 1.72. The lowest BCUT2D eigenvalue weighted by molar-refractivity contribution is 0.112. The average molecular weight is 255 g/mol. The molecule has 0 aliphatic heterocycles. The molecule has 0 bridgehead atoms. The first-order valence-corrected chi connectivity index (χ1v) is 5.57. The van der Waals surface area contributed by atoms with Crippen molar-refractivity contribution in [3.05, 3.63) is 32.3 Å². The van der Waals surface area contributed by atoms with Gasteiger partial charge in [0.2, 0.25) is 0 Å². The van der Waals surface area contributed by atoms with E-state index in [1.807, 2.05) is 6.92 Å². The Hall–Kier alpha value is -0.630. The summed E-state index contributed by atoms with van der Waals surface area (Å²) in [7, 11) is 0. The Morgan fingerprint density at radius 3 is 2.14 bits per heavy atom. The standard InChI is InChI=1S/C12H15BrO/c1-5-10-11(6-14)8(3)7(2)9(4)12(10)13/h6H,5H2,1-4H3. The summed E-state index contributed by atoms with van der Waals surface area (Å²) in [6.07, 6.45) is 1.85. The number of halogens is 1. The van der Waals surface area contributed by atoms with Gasteiger partial charge in [0.05, 0.1) is 0 Å². The molecule has 1 rings (SSSR count). The Bertz CT molecular complexity index is 381. The first-order valence-electron chi connectivity index (χ1n) is 4.77. The highest BCUT2D eigenvalue weighted by Crippen LogP contribution is 2.30. The number of benzene rings is 1. The summed E-state index contributed by atoms with van der Waals surface area (Å²) in [5.41, 5.74) is 5.53. The van der Waals surface area contributed by atoms with Crippen LogP contribution in [0.1, 0.15) is 39.5 Å². The summed E-state index contributed by atoms with van der Waals surface area (Å²) in [6.45, 7) is 8.22. The second kappa shape index (κ2) is 4.26. The van der Waals surface area contributed by atoms with Gasteiger partial charge in [0.25, 0.3) is 0 Å². The highest BCUT2D eigenvalue weighted by atomic mass is 79.9. The lowest BCUT2D eigenvalue weighted by atomic mass is 9.93. The van der Waals surface area contributed by atoms with Crippen LogP contribution in [0.4, 0.5) is 0 Å². The molecule has 0 fully saturated rings. The normalized spacial score (nSPS) is 10.4. The minimum atomic E-state index is 0.850. The van der Waals surface area contributed by atoms with Gasteiger partial charge in [-0.3, -0.25) is 4.79 Å². The van der Waals surface area contributed by atoms with Crippen LogP contribution in [-0.2, 0) is 6.42 Å². The Labute approximate surface area is 93.7 Å². The van der Waals surface area contributed by atoms with Crippen LogP contribution in [0.15, 0.2) is 4.47 Å². The average Bonchev–Trinajstić information content (AvgIpc) is 2.20. The molecule has 0 saturated carbocycles. The molecule has 0 aliphatic rings. The third-order valence-corrected chi connectivity index (χ3v) is 3.99. The topological polar surface area (TPSA) is 17.1 Å². The first-order chi connectivity index (χ1) is 6.54. The highest BCUT2D eigenvalue weighted by Gasteiger charge is 2.13. The van der Waals surface area contributed by atoms with E-state index in [1.54, 1.807) is 0 Å². The summed E-state index contributed by atoms with van der Waals surface area (Å²) < 4.78 is 1.09. The van der Waals surface area contributed by atoms with E-state index in [-0.39, 0.29) is 0 Å². The zero-order chi connectivity index (χ0) is 10.9. The minimum Gasteiger partial charge on any atom is -0.298 e. The van der Waals surface area contributed by atoms with E-state index < -0.39 is 0 Å². The Morgan fingerprint density at radius 2 is 1.71 bits per heavy atom. The SMILES string of the molecule is CCc1c(Br)c(C)c(C)c(C)c1C=O. The Kier molecular flexibility index (Phi) is 3.48. The van der Waals surface area contributed by atoms with E-state index >= 15 is 0 Å². The van der Waals surface area contributed by atoms with E-state index in [0.29, 0.717) is 0 Å². The lowest BCUT2D eigenvalue weighted by Gasteiger charge is -2.15. The third-order valence-electron chi connectivity index (χ3n) is 2.92. The third kappa shape index (κ3) is 1.63. The van der Waals surface area contributed by atoms with Crippen LogP contribution in [0.25, 0.3) is 0 Å². The van der Waals surface area contributed by atoms with Crippen molar-refractivity contribution in [3.8, 4) is 0 Å². The quantitative estimate of drug-likeness (QED) is 0.735. The van der Waals surface area contributed by atoms with Gasteiger partial charge in [-0.15, -0.1) is 0 Å². The molecule has 0 atom stereocenters. The maximum absolute atomic E-state index is 11.0. The molecule has 1 aromatic carbocycles. The van der Waals surface area contributed by atoms with Gasteiger partial charge in [0, 0.05) is 10.0 Å². The Balaban J connectivity index is 3.65. The summed E-state index contributed by atoms with van der Waals surface area (Å²) in [6, 6.07) is 0. The fraction of sp³-hybridized carbons (Fsp3) is 0.417. The van der Waals surface area contributed by atoms with Crippen LogP contribution in [0.3, 0.4) is 0 Å². The molecular formula is C12H15BrO. The van der Waals surface area contributed by atoms with Crippen molar-refractivity contribution < 1.29 is 4.79 Å². The van der Waals surface area contributed by atoms with Crippen LogP contribution < -0.4 is 0 Å². The predicted molar refractivity (Wildman–Crippen MR) is 63.1 cm³/mol. The monoisotopic (exact) mass is 254 g/mol. The van der Waals surface area contributed by atoms with E-state index in [2.05, 4.69) is 36.7 Å². The molecule has 1 nitrogen and oxygen atoms in total. The van der Waals surface area contributed by atoms with Gasteiger partial charge in [0.15, 0.2) is 6.29 Å². The molecule has 0 aromatic heterocycles. The smallest absolute Gasteiger partial charge is 0.150 e. The molecule has 0 heterocycles. The number of hydrogen-bond acceptors (Lipinski definition) is 1. The van der Waals surface area contributed by atoms with Crippen molar-refractivity contribution in [3.63, 3.8) is 0 Å². The number of carbonyl (C=O) groups excluding carboxylic acids is 1. The van der Waals surface area contributed by atoms with Crippen LogP contribution in [0, 0.1) is 20.8 Å². The molecule has 0 radical (unpaired) electrons. The maximum Gasteiger partial charge on any atom is 0.150 e. The molecule has 0 amide bonds. The van der Waals surface area contributed by atoms with Gasteiger partial charge in [0.1, 0.15) is 0 Å². The van der Waals surface area contributed by atoms with Crippen LogP contribution >= 0.6 is 15.9 Å². The van der Waals surface area contributed by atoms with E-state index in [4.69, 9.17) is 0 Å². The molecule has 14 heavy (non-hydrogen) atoms. The second-order valence-corrected chi connectivity index (χ2v) is 4.35. The largest absolute Gasteiger partial charge is 0.298 e. The van der Waals surface area contributed by atoms with E-state index in [9.17, 15) is 4.79 Å². The summed E-state index contributed by atoms with van der Waals surface area (Å²) in [4.78, 5) is 11.0. The van der Waals surface area contributed by atoms with Gasteiger partial charge in [-0.2, -0.15) is 0 Å². The molecule has 76 valence electrons. The molecule has 2 heteroatoms. The summed E-state index contributed by atoms with van der Waals surface area (Å²) >= 11 is 3.56.